The van der Waals surface area contributed by atoms with Gasteiger partial charge in [0.2, 0.25) is 0 Å². The summed E-state index contributed by atoms with van der Waals surface area (Å²) in [4.78, 5) is 58.9. The molecule has 314 valence electrons. The second-order valence-corrected chi connectivity index (χ2v) is 19.8. The molecule has 0 radical (unpaired) electrons. The molecule has 0 spiro atoms. The number of rotatable bonds is 6. The van der Waals surface area contributed by atoms with Gasteiger partial charge < -0.3 is 0 Å². The molecule has 4 bridgehead atoms. The van der Waals surface area contributed by atoms with Gasteiger partial charge in [-0.05, 0) is 190 Å². The average molecular weight is 837 g/mol. The Labute approximate surface area is 373 Å². The number of fused-ring (bicyclic) bond motifs is 10. The van der Waals surface area contributed by atoms with E-state index in [-0.39, 0.29) is 23.6 Å². The maximum absolute atomic E-state index is 14.0. The topological polar surface area (TPSA) is 74.8 Å². The third-order valence-electron chi connectivity index (χ3n) is 16.4. The zero-order valence-corrected chi connectivity index (χ0v) is 36.1. The van der Waals surface area contributed by atoms with Gasteiger partial charge >= 0.3 is 0 Å². The minimum atomic E-state index is -0.390. The maximum atomic E-state index is 14.0. The lowest BCUT2D eigenvalue weighted by atomic mass is 9.86. The third-order valence-corrected chi connectivity index (χ3v) is 16.4. The summed E-state index contributed by atoms with van der Waals surface area (Å²) in [5.41, 5.74) is 10.9. The number of hydrogen-bond donors (Lipinski definition) is 0. The van der Waals surface area contributed by atoms with E-state index < -0.39 is 12.1 Å². The highest BCUT2D eigenvalue weighted by Crippen LogP contribution is 2.50. The fourth-order valence-corrected chi connectivity index (χ4v) is 12.8. The summed E-state index contributed by atoms with van der Waals surface area (Å²) in [6.07, 6.45) is 20.2. The Hall–Kier alpha value is -6.66. The smallest absolute Gasteiger partial charge is 0.262 e. The highest BCUT2D eigenvalue weighted by atomic mass is 16.2. The van der Waals surface area contributed by atoms with E-state index in [1.807, 2.05) is 38.1 Å². The van der Waals surface area contributed by atoms with Gasteiger partial charge in [-0.2, -0.15) is 0 Å². The molecule has 0 aromatic heterocycles. The predicted octanol–water partition coefficient (Wildman–Crippen LogP) is 12.3. The van der Waals surface area contributed by atoms with E-state index in [1.54, 1.807) is 0 Å². The number of aryl methyl sites for hydroxylation is 2. The van der Waals surface area contributed by atoms with Crippen molar-refractivity contribution in [1.29, 1.82) is 0 Å². The molecule has 8 unspecified atom stereocenters. The first-order valence-electron chi connectivity index (χ1n) is 23.3. The number of amides is 4. The van der Waals surface area contributed by atoms with Crippen molar-refractivity contribution < 1.29 is 19.2 Å². The lowest BCUT2D eigenvalue weighted by Gasteiger charge is -2.24. The van der Waals surface area contributed by atoms with Crippen LogP contribution in [0.15, 0.2) is 121 Å². The van der Waals surface area contributed by atoms with Gasteiger partial charge in [-0.25, -0.2) is 0 Å². The van der Waals surface area contributed by atoms with E-state index in [2.05, 4.69) is 109 Å². The molecule has 6 heteroatoms. The molecule has 7 aliphatic rings. The van der Waals surface area contributed by atoms with Gasteiger partial charge in [0, 0.05) is 0 Å². The zero-order chi connectivity index (χ0) is 43.1. The number of carbonyl (C=O) groups excluding carboxylic acids is 4. The van der Waals surface area contributed by atoms with Gasteiger partial charge in [-0.1, -0.05) is 97.1 Å². The van der Waals surface area contributed by atoms with Gasteiger partial charge in [0.15, 0.2) is 0 Å². The van der Waals surface area contributed by atoms with Crippen molar-refractivity contribution >= 4 is 57.3 Å². The molecule has 2 saturated carbocycles. The van der Waals surface area contributed by atoms with Crippen LogP contribution in [-0.4, -0.2) is 33.4 Å². The molecule has 5 aliphatic carbocycles. The molecule has 0 N–H and O–H groups in total. The Balaban J connectivity index is 0.751. The SMILES string of the molecule is CC(c1ccc(C2CC3C=CC2C3)cc1)N1C(=O)c2cc3cc4c(cc3cc2C1=O)CCc1cc2cc3c(cc2cc1/C=C\4)C(=O)N(C(C)c1ccc(C2CC4C=CC2C4)cc1)C3=O. The van der Waals surface area contributed by atoms with Crippen LogP contribution in [0, 0.1) is 23.7 Å². The van der Waals surface area contributed by atoms with Crippen molar-refractivity contribution in [2.75, 3.05) is 0 Å². The highest BCUT2D eigenvalue weighted by Gasteiger charge is 2.42. The van der Waals surface area contributed by atoms with Crippen LogP contribution in [-0.2, 0) is 12.8 Å². The standard InChI is InChI=1S/C58H48N2O4/c1-31(35-7-11-37(12-8-35)49-21-33-3-5-43(49)19-33)59-55(61)51-27-45-23-39-15-17-41-25-47-29-53-54(30-48(47)26-42(41)18-16-40(39)24-46(45)28-52(51)56(59)62)58(64)60(57(53)63)32(2)36-9-13-38(14-10-36)50-22-34-4-6-44(50)20-34/h3-15,17,23-34,43-44,49-50H,16,18-22H2,1-2H3/b17-15-. The van der Waals surface area contributed by atoms with Crippen LogP contribution in [0.1, 0.15) is 149 Å². The summed E-state index contributed by atoms with van der Waals surface area (Å²) in [6.45, 7) is 3.90. The summed E-state index contributed by atoms with van der Waals surface area (Å²) in [5, 5.41) is 3.73. The van der Waals surface area contributed by atoms with Crippen molar-refractivity contribution in [3.8, 4) is 0 Å². The predicted molar refractivity (Wildman–Crippen MR) is 251 cm³/mol. The summed E-state index contributed by atoms with van der Waals surface area (Å²) in [7, 11) is 0. The van der Waals surface area contributed by atoms with Crippen molar-refractivity contribution in [3.05, 3.63) is 188 Å². The molecule has 6 nitrogen and oxygen atoms in total. The van der Waals surface area contributed by atoms with E-state index in [9.17, 15) is 19.2 Å². The zero-order valence-electron chi connectivity index (χ0n) is 36.1. The molecule has 8 atom stereocenters. The largest absolute Gasteiger partial charge is 0.269 e. The normalized spacial score (nSPS) is 26.2. The van der Waals surface area contributed by atoms with Gasteiger partial charge in [0.25, 0.3) is 23.6 Å². The Kier molecular flexibility index (Phi) is 8.23. The number of nitrogens with zero attached hydrogens (tertiary/aromatic N) is 2. The summed E-state index contributed by atoms with van der Waals surface area (Å²) in [5.74, 6) is 2.76. The summed E-state index contributed by atoms with van der Waals surface area (Å²) < 4.78 is 0. The fraction of sp³-hybridized carbons (Fsp3) is 0.276. The third kappa shape index (κ3) is 5.70. The lowest BCUT2D eigenvalue weighted by Crippen LogP contribution is -2.32. The minimum absolute atomic E-state index is 0.244. The first kappa shape index (κ1) is 37.9. The van der Waals surface area contributed by atoms with Gasteiger partial charge in [0.1, 0.15) is 0 Å². The van der Waals surface area contributed by atoms with E-state index >= 15 is 0 Å². The Bertz CT molecular complexity index is 2960. The molecule has 2 heterocycles. The number of benzene rings is 6. The molecular formula is C58H48N2O4. The Morgan fingerprint density at radius 1 is 0.438 bits per heavy atom. The van der Waals surface area contributed by atoms with Crippen LogP contribution < -0.4 is 0 Å². The van der Waals surface area contributed by atoms with Crippen LogP contribution in [0.2, 0.25) is 0 Å². The van der Waals surface area contributed by atoms with Gasteiger partial charge in [0.05, 0.1) is 34.3 Å². The highest BCUT2D eigenvalue weighted by molar-refractivity contribution is 6.24. The van der Waals surface area contributed by atoms with Crippen LogP contribution in [0.4, 0.5) is 0 Å². The second kappa shape index (κ2) is 13.9. The van der Waals surface area contributed by atoms with Gasteiger partial charge in [-0.15, -0.1) is 0 Å². The second-order valence-electron chi connectivity index (χ2n) is 19.8. The molecule has 2 fully saturated rings. The summed E-state index contributed by atoms with van der Waals surface area (Å²) >= 11 is 0. The quantitative estimate of drug-likeness (QED) is 0.124. The first-order chi connectivity index (χ1) is 31.1. The molecule has 6 aromatic carbocycles. The van der Waals surface area contributed by atoms with E-state index in [1.165, 1.54) is 57.7 Å². The van der Waals surface area contributed by atoms with E-state index in [4.69, 9.17) is 0 Å². The number of imide groups is 2. The molecule has 13 rings (SSSR count). The van der Waals surface area contributed by atoms with Crippen LogP contribution in [0.3, 0.4) is 0 Å². The van der Waals surface area contributed by atoms with Crippen molar-refractivity contribution in [1.82, 2.24) is 9.80 Å². The minimum Gasteiger partial charge on any atom is -0.269 e. The molecule has 2 aliphatic heterocycles. The van der Waals surface area contributed by atoms with E-state index in [0.29, 0.717) is 57.8 Å². The first-order valence-corrected chi connectivity index (χ1v) is 23.3. The Morgan fingerprint density at radius 2 is 0.797 bits per heavy atom. The number of carbonyl (C=O) groups is 4. The van der Waals surface area contributed by atoms with Crippen molar-refractivity contribution in [2.24, 2.45) is 23.7 Å². The lowest BCUT2D eigenvalue weighted by molar-refractivity contribution is 0.0579. The van der Waals surface area contributed by atoms with Crippen molar-refractivity contribution in [3.63, 3.8) is 0 Å². The molecule has 6 aromatic rings. The van der Waals surface area contributed by atoms with Crippen molar-refractivity contribution in [2.45, 2.75) is 76.3 Å². The van der Waals surface area contributed by atoms with Crippen LogP contribution >= 0.6 is 0 Å². The molecule has 0 saturated heterocycles. The molecule has 4 amide bonds. The van der Waals surface area contributed by atoms with Crippen LogP contribution in [0.5, 0.6) is 0 Å². The monoisotopic (exact) mass is 836 g/mol. The van der Waals surface area contributed by atoms with Gasteiger partial charge in [-0.3, -0.25) is 29.0 Å². The number of hydrogen-bond acceptors (Lipinski definition) is 4. The number of allylic oxidation sites excluding steroid dienone is 4. The van der Waals surface area contributed by atoms with Crippen LogP contribution in [0.25, 0.3) is 33.7 Å². The van der Waals surface area contributed by atoms with E-state index in [0.717, 1.165) is 56.6 Å². The maximum Gasteiger partial charge on any atom is 0.262 e. The Morgan fingerprint density at radius 3 is 1.12 bits per heavy atom. The summed E-state index contributed by atoms with van der Waals surface area (Å²) in [6, 6.07) is 32.6. The fourth-order valence-electron chi connectivity index (χ4n) is 12.8. The average Bonchev–Trinajstić information content (AvgIpc) is 4.19. The molecular weight excluding hydrogens is 789 g/mol. The molecule has 64 heavy (non-hydrogen) atoms.